The summed E-state index contributed by atoms with van der Waals surface area (Å²) in [6, 6.07) is 7.89. The molecule has 0 atom stereocenters. The second-order valence-corrected chi connectivity index (χ2v) is 4.97. The maximum Gasteiger partial charge on any atom is 0.293 e. The van der Waals surface area contributed by atoms with Crippen molar-refractivity contribution in [2.24, 2.45) is 0 Å². The Morgan fingerprint density at radius 2 is 1.52 bits per heavy atom. The van der Waals surface area contributed by atoms with E-state index in [1.165, 1.54) is 36.4 Å². The molecule has 0 aliphatic carbocycles. The molecule has 2 aromatic carbocycles. The summed E-state index contributed by atoms with van der Waals surface area (Å²) < 4.78 is 0. The predicted octanol–water partition coefficient (Wildman–Crippen LogP) is 3.37. The number of amides is 1. The van der Waals surface area contributed by atoms with Crippen molar-refractivity contribution in [1.29, 1.82) is 0 Å². The minimum Gasteiger partial charge on any atom is -0.316 e. The summed E-state index contributed by atoms with van der Waals surface area (Å²) in [7, 11) is 0. The van der Waals surface area contributed by atoms with Crippen LogP contribution in [0.3, 0.4) is 0 Å². The van der Waals surface area contributed by atoms with Crippen LogP contribution in [0, 0.1) is 34.1 Å². The number of aryl methyl sites for hydroxylation is 2. The van der Waals surface area contributed by atoms with Crippen molar-refractivity contribution in [3.63, 3.8) is 0 Å². The number of carbonyl (C=O) groups is 1. The molecule has 0 fully saturated rings. The molecular formula is C15H13N3O5. The Kier molecular flexibility index (Phi) is 4.35. The van der Waals surface area contributed by atoms with E-state index in [4.69, 9.17) is 0 Å². The molecular weight excluding hydrogens is 302 g/mol. The number of carbonyl (C=O) groups excluding carboxylic acids is 1. The van der Waals surface area contributed by atoms with Gasteiger partial charge in [-0.3, -0.25) is 25.0 Å². The van der Waals surface area contributed by atoms with Crippen LogP contribution in [0.25, 0.3) is 0 Å². The van der Waals surface area contributed by atoms with Gasteiger partial charge in [0.05, 0.1) is 9.85 Å². The lowest BCUT2D eigenvalue weighted by Crippen LogP contribution is -2.13. The molecule has 0 unspecified atom stereocenters. The number of nitrogens with one attached hydrogen (secondary N) is 1. The van der Waals surface area contributed by atoms with Crippen LogP contribution in [-0.2, 0) is 0 Å². The number of benzene rings is 2. The van der Waals surface area contributed by atoms with Gasteiger partial charge in [0.15, 0.2) is 0 Å². The van der Waals surface area contributed by atoms with Gasteiger partial charge in [0.1, 0.15) is 5.69 Å². The maximum atomic E-state index is 12.2. The molecule has 0 heterocycles. The number of nitro benzene ring substituents is 2. The lowest BCUT2D eigenvalue weighted by Gasteiger charge is -2.09. The molecule has 0 saturated heterocycles. The first-order valence-corrected chi connectivity index (χ1v) is 6.61. The van der Waals surface area contributed by atoms with E-state index in [0.29, 0.717) is 0 Å². The molecule has 0 aromatic heterocycles. The van der Waals surface area contributed by atoms with E-state index in [2.05, 4.69) is 5.32 Å². The molecule has 2 rings (SSSR count). The van der Waals surface area contributed by atoms with E-state index >= 15 is 0 Å². The van der Waals surface area contributed by atoms with Crippen LogP contribution in [0.1, 0.15) is 21.5 Å². The van der Waals surface area contributed by atoms with Crippen molar-refractivity contribution in [2.45, 2.75) is 13.8 Å². The first-order valence-electron chi connectivity index (χ1n) is 6.61. The van der Waals surface area contributed by atoms with Crippen LogP contribution in [0.15, 0.2) is 36.4 Å². The molecule has 0 spiro atoms. The average Bonchev–Trinajstić information content (AvgIpc) is 2.50. The van der Waals surface area contributed by atoms with Crippen LogP contribution in [0.2, 0.25) is 0 Å². The van der Waals surface area contributed by atoms with Crippen molar-refractivity contribution < 1.29 is 14.6 Å². The first-order chi connectivity index (χ1) is 10.8. The lowest BCUT2D eigenvalue weighted by molar-refractivity contribution is -0.384. The number of hydrogen-bond acceptors (Lipinski definition) is 5. The summed E-state index contributed by atoms with van der Waals surface area (Å²) in [5.41, 5.74) is 1.45. The standard InChI is InChI=1S/C15H13N3O5/c1-9-7-13(14(18(22)23)8-10(9)2)16-15(19)11-3-5-12(6-4-11)17(20)21/h3-8H,1-2H3,(H,16,19). The Labute approximate surface area is 131 Å². The molecule has 0 saturated carbocycles. The van der Waals surface area contributed by atoms with Gasteiger partial charge >= 0.3 is 0 Å². The molecule has 8 nitrogen and oxygen atoms in total. The van der Waals surface area contributed by atoms with Crippen molar-refractivity contribution in [3.8, 4) is 0 Å². The van der Waals surface area contributed by atoms with Crippen molar-refractivity contribution >= 4 is 23.0 Å². The second kappa shape index (κ2) is 6.22. The monoisotopic (exact) mass is 315 g/mol. The van der Waals surface area contributed by atoms with Crippen LogP contribution in [-0.4, -0.2) is 15.8 Å². The fourth-order valence-electron chi connectivity index (χ4n) is 1.98. The number of rotatable bonds is 4. The highest BCUT2D eigenvalue weighted by molar-refractivity contribution is 6.05. The van der Waals surface area contributed by atoms with E-state index in [1.54, 1.807) is 13.8 Å². The fraction of sp³-hybridized carbons (Fsp3) is 0.133. The Morgan fingerprint density at radius 3 is 2.04 bits per heavy atom. The minimum atomic E-state index is -0.578. The average molecular weight is 315 g/mol. The van der Waals surface area contributed by atoms with Crippen molar-refractivity contribution in [3.05, 3.63) is 73.3 Å². The zero-order chi connectivity index (χ0) is 17.1. The highest BCUT2D eigenvalue weighted by Crippen LogP contribution is 2.28. The smallest absolute Gasteiger partial charge is 0.293 e. The number of nitrogens with zero attached hydrogens (tertiary/aromatic N) is 2. The van der Waals surface area contributed by atoms with Gasteiger partial charge in [0.25, 0.3) is 17.3 Å². The quantitative estimate of drug-likeness (QED) is 0.686. The van der Waals surface area contributed by atoms with Gasteiger partial charge in [-0.25, -0.2) is 0 Å². The minimum absolute atomic E-state index is 0.0847. The SMILES string of the molecule is Cc1cc(NC(=O)c2ccc([N+](=O)[O-])cc2)c([N+](=O)[O-])cc1C. The first kappa shape index (κ1) is 16.1. The summed E-state index contributed by atoms with van der Waals surface area (Å²) in [6.45, 7) is 3.52. The second-order valence-electron chi connectivity index (χ2n) is 4.97. The van der Waals surface area contributed by atoms with Crippen LogP contribution >= 0.6 is 0 Å². The highest BCUT2D eigenvalue weighted by atomic mass is 16.6. The molecule has 1 N–H and O–H groups in total. The molecule has 0 radical (unpaired) electrons. The number of nitro groups is 2. The summed E-state index contributed by atoms with van der Waals surface area (Å²) in [6.07, 6.45) is 0. The third kappa shape index (κ3) is 3.49. The van der Waals surface area contributed by atoms with Gasteiger partial charge < -0.3 is 5.32 Å². The topological polar surface area (TPSA) is 115 Å². The number of anilines is 1. The van der Waals surface area contributed by atoms with E-state index < -0.39 is 15.8 Å². The van der Waals surface area contributed by atoms with E-state index in [9.17, 15) is 25.0 Å². The molecule has 23 heavy (non-hydrogen) atoms. The van der Waals surface area contributed by atoms with Gasteiger partial charge in [-0.05, 0) is 43.2 Å². The predicted molar refractivity (Wildman–Crippen MR) is 83.6 cm³/mol. The zero-order valence-electron chi connectivity index (χ0n) is 12.4. The third-order valence-electron chi connectivity index (χ3n) is 3.40. The van der Waals surface area contributed by atoms with E-state index in [-0.39, 0.29) is 22.6 Å². The summed E-state index contributed by atoms with van der Waals surface area (Å²) in [5.74, 6) is -0.578. The van der Waals surface area contributed by atoms with E-state index in [1.807, 2.05) is 0 Å². The van der Waals surface area contributed by atoms with Gasteiger partial charge in [0.2, 0.25) is 0 Å². The number of hydrogen-bond donors (Lipinski definition) is 1. The molecule has 0 aliphatic heterocycles. The molecule has 8 heteroatoms. The lowest BCUT2D eigenvalue weighted by atomic mass is 10.1. The van der Waals surface area contributed by atoms with Crippen LogP contribution in [0.5, 0.6) is 0 Å². The molecule has 0 bridgehead atoms. The fourth-order valence-corrected chi connectivity index (χ4v) is 1.98. The van der Waals surface area contributed by atoms with Crippen molar-refractivity contribution in [1.82, 2.24) is 0 Å². The Balaban J connectivity index is 2.31. The summed E-state index contributed by atoms with van der Waals surface area (Å²) >= 11 is 0. The zero-order valence-corrected chi connectivity index (χ0v) is 12.4. The van der Waals surface area contributed by atoms with Crippen LogP contribution < -0.4 is 5.32 Å². The Bertz CT molecular complexity index is 800. The molecule has 1 amide bonds. The van der Waals surface area contributed by atoms with Gasteiger partial charge in [-0.1, -0.05) is 0 Å². The highest BCUT2D eigenvalue weighted by Gasteiger charge is 2.18. The third-order valence-corrected chi connectivity index (χ3v) is 3.40. The van der Waals surface area contributed by atoms with Crippen molar-refractivity contribution in [2.75, 3.05) is 5.32 Å². The normalized spacial score (nSPS) is 10.2. The number of non-ortho nitro benzene ring substituents is 1. The van der Waals surface area contributed by atoms with Gasteiger partial charge in [-0.2, -0.15) is 0 Å². The summed E-state index contributed by atoms with van der Waals surface area (Å²) in [5, 5.41) is 24.2. The maximum absolute atomic E-state index is 12.2. The largest absolute Gasteiger partial charge is 0.316 e. The van der Waals surface area contributed by atoms with Gasteiger partial charge in [0, 0.05) is 23.8 Å². The molecule has 0 aliphatic rings. The van der Waals surface area contributed by atoms with Gasteiger partial charge in [-0.15, -0.1) is 0 Å². The summed E-state index contributed by atoms with van der Waals surface area (Å²) in [4.78, 5) is 32.7. The molecule has 2 aromatic rings. The Morgan fingerprint density at radius 1 is 0.957 bits per heavy atom. The Hall–Kier alpha value is -3.29. The van der Waals surface area contributed by atoms with Crippen LogP contribution in [0.4, 0.5) is 17.1 Å². The molecule has 118 valence electrons. The van der Waals surface area contributed by atoms with E-state index in [0.717, 1.165) is 11.1 Å².